The first kappa shape index (κ1) is 24.6. The molecule has 8 nitrogen and oxygen atoms in total. The van der Waals surface area contributed by atoms with Crippen LogP contribution in [0.3, 0.4) is 0 Å². The molecule has 6 rings (SSSR count). The fraction of sp³-hybridized carbons (Fsp3) is 0.103. The molecule has 1 N–H and O–H groups in total. The minimum atomic E-state index is -1.42. The van der Waals surface area contributed by atoms with E-state index in [9.17, 15) is 23.9 Å². The van der Waals surface area contributed by atoms with Crippen molar-refractivity contribution in [3.05, 3.63) is 114 Å². The van der Waals surface area contributed by atoms with Crippen molar-refractivity contribution < 1.29 is 23.9 Å². The fourth-order valence-electron chi connectivity index (χ4n) is 4.85. The Hall–Kier alpha value is -4.70. The molecular weight excluding hydrogens is 519 g/mol. The van der Waals surface area contributed by atoms with E-state index in [0.717, 1.165) is 18.3 Å². The van der Waals surface area contributed by atoms with Gasteiger partial charge in [0, 0.05) is 65.4 Å². The van der Waals surface area contributed by atoms with Crippen molar-refractivity contribution in [2.75, 3.05) is 7.05 Å². The highest BCUT2D eigenvalue weighted by Crippen LogP contribution is 2.42. The third-order valence-electron chi connectivity index (χ3n) is 6.88. The largest absolute Gasteiger partial charge is 0.465 e. The number of carbonyl (C=O) groups is 3. The minimum absolute atomic E-state index is 0.000605. The van der Waals surface area contributed by atoms with E-state index < -0.39 is 12.1 Å². The molecule has 0 saturated heterocycles. The Bertz CT molecular complexity index is 1760. The monoisotopic (exact) mass is 540 g/mol. The zero-order valence-electron chi connectivity index (χ0n) is 20.6. The summed E-state index contributed by atoms with van der Waals surface area (Å²) in [5.74, 6) is -0.0135. The molecule has 10 heteroatoms. The van der Waals surface area contributed by atoms with Crippen LogP contribution in [0.4, 0.5) is 14.0 Å². The second-order valence-electron chi connectivity index (χ2n) is 9.14. The quantitative estimate of drug-likeness (QED) is 0.271. The van der Waals surface area contributed by atoms with Gasteiger partial charge in [-0.3, -0.25) is 14.3 Å². The van der Waals surface area contributed by atoms with Crippen LogP contribution in [-0.4, -0.2) is 49.1 Å². The number of carbonyl (C=O) groups excluding carboxylic acids is 2. The Morgan fingerprint density at radius 3 is 2.54 bits per heavy atom. The molecule has 0 saturated carbocycles. The van der Waals surface area contributed by atoms with E-state index in [1.54, 1.807) is 54.4 Å². The van der Waals surface area contributed by atoms with Crippen LogP contribution in [0.5, 0.6) is 0 Å². The predicted molar refractivity (Wildman–Crippen MR) is 145 cm³/mol. The Morgan fingerprint density at radius 1 is 1.05 bits per heavy atom. The average Bonchev–Trinajstić information content (AvgIpc) is 3.66. The van der Waals surface area contributed by atoms with Gasteiger partial charge in [-0.15, -0.1) is 11.8 Å². The standard InChI is InChI=1S/C29H21FN4O4S/c1-32(29(37)38)28(36)34-15-23(21-9-6-18(13-24(21)34)17-4-7-20(30)8-5-17)26(35)22-10-12-33-25(22)16-39-27(33)19-3-2-11-31-14-19/h2-15,27H,16H2,1H3,(H,37,38). The van der Waals surface area contributed by atoms with Crippen LogP contribution in [0.25, 0.3) is 22.0 Å². The molecule has 0 radical (unpaired) electrons. The van der Waals surface area contributed by atoms with Gasteiger partial charge in [-0.05, 0) is 41.5 Å². The summed E-state index contributed by atoms with van der Waals surface area (Å²) in [6.45, 7) is 0. The number of imide groups is 1. The molecule has 39 heavy (non-hydrogen) atoms. The normalized spacial score (nSPS) is 14.4. The molecule has 0 aliphatic carbocycles. The molecule has 0 fully saturated rings. The predicted octanol–water partition coefficient (Wildman–Crippen LogP) is 6.25. The van der Waals surface area contributed by atoms with E-state index in [-0.39, 0.29) is 22.5 Å². The van der Waals surface area contributed by atoms with Gasteiger partial charge in [0.05, 0.1) is 5.52 Å². The van der Waals surface area contributed by atoms with Gasteiger partial charge < -0.3 is 9.67 Å². The molecule has 1 unspecified atom stereocenters. The van der Waals surface area contributed by atoms with Gasteiger partial charge in [-0.2, -0.15) is 0 Å². The Morgan fingerprint density at radius 2 is 1.82 bits per heavy atom. The Kier molecular flexibility index (Phi) is 6.03. The van der Waals surface area contributed by atoms with Gasteiger partial charge in [0.2, 0.25) is 0 Å². The number of ketones is 1. The van der Waals surface area contributed by atoms with Gasteiger partial charge >= 0.3 is 12.1 Å². The number of fused-ring (bicyclic) bond motifs is 2. The smallest absolute Gasteiger partial charge is 0.415 e. The minimum Gasteiger partial charge on any atom is -0.465 e. The molecule has 0 spiro atoms. The number of aromatic nitrogens is 3. The second kappa shape index (κ2) is 9.55. The molecule has 1 atom stereocenters. The van der Waals surface area contributed by atoms with Crippen molar-refractivity contribution in [3.63, 3.8) is 0 Å². The number of benzene rings is 2. The van der Waals surface area contributed by atoms with E-state index in [0.29, 0.717) is 38.2 Å². The molecule has 5 aromatic rings. The van der Waals surface area contributed by atoms with Crippen molar-refractivity contribution in [1.29, 1.82) is 0 Å². The van der Waals surface area contributed by atoms with Gasteiger partial charge in [0.25, 0.3) is 0 Å². The lowest BCUT2D eigenvalue weighted by atomic mass is 10.00. The molecule has 2 aromatic carbocycles. The fourth-order valence-corrected chi connectivity index (χ4v) is 6.16. The maximum atomic E-state index is 13.9. The van der Waals surface area contributed by atoms with E-state index >= 15 is 0 Å². The highest BCUT2D eigenvalue weighted by molar-refractivity contribution is 7.99. The lowest BCUT2D eigenvalue weighted by Gasteiger charge is -2.12. The zero-order valence-corrected chi connectivity index (χ0v) is 21.4. The summed E-state index contributed by atoms with van der Waals surface area (Å²) in [6, 6.07) is 16.0. The summed E-state index contributed by atoms with van der Waals surface area (Å²) >= 11 is 1.69. The zero-order chi connectivity index (χ0) is 27.3. The molecule has 1 aliphatic rings. The number of hydrogen-bond donors (Lipinski definition) is 1. The third kappa shape index (κ3) is 4.18. The lowest BCUT2D eigenvalue weighted by Crippen LogP contribution is -2.34. The van der Waals surface area contributed by atoms with Crippen LogP contribution in [0.2, 0.25) is 0 Å². The number of hydrogen-bond acceptors (Lipinski definition) is 5. The lowest BCUT2D eigenvalue weighted by molar-refractivity contribution is 0.103. The number of rotatable bonds is 4. The molecule has 0 bridgehead atoms. The van der Waals surface area contributed by atoms with Crippen LogP contribution >= 0.6 is 11.8 Å². The molecule has 3 aromatic heterocycles. The summed E-state index contributed by atoms with van der Waals surface area (Å²) in [5, 5.41) is 9.92. The molecule has 194 valence electrons. The first-order chi connectivity index (χ1) is 18.8. The summed E-state index contributed by atoms with van der Waals surface area (Å²) < 4.78 is 16.7. The molecular formula is C29H21FN4O4S. The Labute approximate surface area is 226 Å². The first-order valence-corrected chi connectivity index (χ1v) is 13.1. The van der Waals surface area contributed by atoms with Crippen LogP contribution in [0.15, 0.2) is 85.5 Å². The molecule has 1 aliphatic heterocycles. The molecule has 2 amide bonds. The van der Waals surface area contributed by atoms with Crippen molar-refractivity contribution >= 4 is 40.6 Å². The maximum absolute atomic E-state index is 13.9. The number of amides is 2. The second-order valence-corrected chi connectivity index (χ2v) is 10.2. The Balaban J connectivity index is 1.45. The van der Waals surface area contributed by atoms with Crippen molar-refractivity contribution in [1.82, 2.24) is 19.0 Å². The van der Waals surface area contributed by atoms with E-state index in [4.69, 9.17) is 0 Å². The summed E-state index contributed by atoms with van der Waals surface area (Å²) in [4.78, 5) is 43.4. The number of halogens is 1. The van der Waals surface area contributed by atoms with E-state index in [2.05, 4.69) is 9.55 Å². The van der Waals surface area contributed by atoms with Crippen molar-refractivity contribution in [2.45, 2.75) is 11.1 Å². The van der Waals surface area contributed by atoms with Gasteiger partial charge in [-0.1, -0.05) is 30.3 Å². The third-order valence-corrected chi connectivity index (χ3v) is 8.13. The number of nitrogens with zero attached hydrogens (tertiary/aromatic N) is 4. The van der Waals surface area contributed by atoms with Crippen LogP contribution in [0.1, 0.15) is 32.6 Å². The van der Waals surface area contributed by atoms with Crippen LogP contribution < -0.4 is 0 Å². The van der Waals surface area contributed by atoms with Crippen LogP contribution in [0, 0.1) is 5.82 Å². The van der Waals surface area contributed by atoms with Gasteiger partial charge in [-0.25, -0.2) is 18.9 Å². The number of pyridine rings is 1. The number of thioether (sulfide) groups is 1. The van der Waals surface area contributed by atoms with Crippen molar-refractivity contribution in [3.8, 4) is 11.1 Å². The average molecular weight is 541 g/mol. The highest BCUT2D eigenvalue weighted by Gasteiger charge is 2.31. The summed E-state index contributed by atoms with van der Waals surface area (Å²) in [7, 11) is 1.15. The highest BCUT2D eigenvalue weighted by atomic mass is 32.2. The summed E-state index contributed by atoms with van der Waals surface area (Å²) in [5.41, 5.74) is 4.48. The molecule has 4 heterocycles. The van der Waals surface area contributed by atoms with E-state index in [1.165, 1.54) is 22.9 Å². The van der Waals surface area contributed by atoms with Gasteiger partial charge in [0.15, 0.2) is 5.78 Å². The van der Waals surface area contributed by atoms with Gasteiger partial charge in [0.1, 0.15) is 11.2 Å². The maximum Gasteiger partial charge on any atom is 0.415 e. The number of carboxylic acid groups (broad SMARTS) is 1. The topological polar surface area (TPSA) is 97.4 Å². The van der Waals surface area contributed by atoms with E-state index in [1.807, 2.05) is 24.5 Å². The van der Waals surface area contributed by atoms with Crippen LogP contribution in [-0.2, 0) is 5.75 Å². The van der Waals surface area contributed by atoms with Crippen molar-refractivity contribution in [2.24, 2.45) is 0 Å². The first-order valence-electron chi connectivity index (χ1n) is 12.0. The SMILES string of the molecule is CN(C(=O)O)C(=O)n1cc(C(=O)c2ccn3c2CSC3c2cccnc2)c2ccc(-c3ccc(F)cc3)cc21. The summed E-state index contributed by atoms with van der Waals surface area (Å²) in [6.07, 6.45) is 5.39.